The summed E-state index contributed by atoms with van der Waals surface area (Å²) in [5.41, 5.74) is 1.68. The Labute approximate surface area is 80.1 Å². The first-order valence-corrected chi connectivity index (χ1v) is 4.34. The normalized spacial score (nSPS) is 11.8. The Morgan fingerprint density at radius 3 is 2.67 bits per heavy atom. The minimum Gasteiger partial charge on any atom is -0.859 e. The van der Waals surface area contributed by atoms with Crippen molar-refractivity contribution < 1.29 is 5.11 Å². The van der Waals surface area contributed by atoms with Crippen LogP contribution < -0.4 is 5.11 Å². The molecular formula is C9H9BrNO-. The van der Waals surface area contributed by atoms with Gasteiger partial charge in [-0.15, -0.1) is 0 Å². The van der Waals surface area contributed by atoms with Gasteiger partial charge in [-0.25, -0.2) is 0 Å². The Morgan fingerprint density at radius 2 is 2.17 bits per heavy atom. The zero-order valence-electron chi connectivity index (χ0n) is 6.97. The van der Waals surface area contributed by atoms with Gasteiger partial charge >= 0.3 is 0 Å². The van der Waals surface area contributed by atoms with Gasteiger partial charge in [-0.3, -0.25) is 0 Å². The molecule has 0 spiro atoms. The maximum Gasteiger partial charge on any atom is 0.0270 e. The molecule has 0 atom stereocenters. The molecule has 3 heteroatoms. The number of aliphatic imine (C=N–C) groups is 1. The standard InChI is InChI=1S/C9H10BrNO/c1-6-5-7(9(12)11-2)3-4-8(6)10/h3-5H,1-2H3,(H,11,12)/p-1. The van der Waals surface area contributed by atoms with Crippen LogP contribution in [0.5, 0.6) is 0 Å². The van der Waals surface area contributed by atoms with Crippen LogP contribution in [0.25, 0.3) is 0 Å². The molecule has 0 N–H and O–H groups in total. The number of rotatable bonds is 1. The molecule has 2 nitrogen and oxygen atoms in total. The molecule has 0 heterocycles. The van der Waals surface area contributed by atoms with Crippen molar-refractivity contribution in [3.05, 3.63) is 33.8 Å². The molecule has 0 aliphatic rings. The molecule has 1 aromatic carbocycles. The Kier molecular flexibility index (Phi) is 2.87. The minimum absolute atomic E-state index is 0.175. The van der Waals surface area contributed by atoms with Crippen molar-refractivity contribution in [2.45, 2.75) is 6.92 Å². The fourth-order valence-electron chi connectivity index (χ4n) is 0.907. The first-order valence-electron chi connectivity index (χ1n) is 3.55. The van der Waals surface area contributed by atoms with Crippen molar-refractivity contribution in [1.82, 2.24) is 0 Å². The fraction of sp³-hybridized carbons (Fsp3) is 0.222. The molecule has 0 aliphatic carbocycles. The summed E-state index contributed by atoms with van der Waals surface area (Å²) in [6, 6.07) is 5.43. The average Bonchev–Trinajstić information content (AvgIpc) is 2.08. The number of halogens is 1. The van der Waals surface area contributed by atoms with Crippen LogP contribution >= 0.6 is 15.9 Å². The summed E-state index contributed by atoms with van der Waals surface area (Å²) in [6.45, 7) is 1.94. The van der Waals surface area contributed by atoms with Gasteiger partial charge in [0.1, 0.15) is 0 Å². The Hall–Kier alpha value is -0.830. The Morgan fingerprint density at radius 1 is 1.50 bits per heavy atom. The summed E-state index contributed by atoms with van der Waals surface area (Å²) < 4.78 is 1.01. The average molecular weight is 227 g/mol. The molecule has 1 rings (SSSR count). The molecule has 0 saturated carbocycles. The van der Waals surface area contributed by atoms with Gasteiger partial charge in [-0.2, -0.15) is 0 Å². The third-order valence-electron chi connectivity index (χ3n) is 1.61. The van der Waals surface area contributed by atoms with Gasteiger partial charge in [0, 0.05) is 11.5 Å². The molecule has 0 aromatic heterocycles. The van der Waals surface area contributed by atoms with Crippen LogP contribution in [0.2, 0.25) is 0 Å². The van der Waals surface area contributed by atoms with E-state index in [1.165, 1.54) is 7.05 Å². The van der Waals surface area contributed by atoms with E-state index in [0.717, 1.165) is 10.0 Å². The van der Waals surface area contributed by atoms with Crippen LogP contribution in [0.15, 0.2) is 27.7 Å². The van der Waals surface area contributed by atoms with Gasteiger partial charge in [-0.1, -0.05) is 28.1 Å². The van der Waals surface area contributed by atoms with E-state index in [-0.39, 0.29) is 5.90 Å². The molecule has 1 aromatic rings. The summed E-state index contributed by atoms with van der Waals surface area (Å²) in [7, 11) is 1.50. The lowest BCUT2D eigenvalue weighted by atomic mass is 10.1. The van der Waals surface area contributed by atoms with Crippen LogP contribution in [-0.4, -0.2) is 12.9 Å². The number of aryl methyl sites for hydroxylation is 1. The predicted octanol–water partition coefficient (Wildman–Crippen LogP) is 1.49. The fourth-order valence-corrected chi connectivity index (χ4v) is 1.15. The van der Waals surface area contributed by atoms with Crippen LogP contribution in [0.3, 0.4) is 0 Å². The topological polar surface area (TPSA) is 35.4 Å². The number of benzene rings is 1. The van der Waals surface area contributed by atoms with E-state index < -0.39 is 0 Å². The van der Waals surface area contributed by atoms with Gasteiger partial charge in [0.15, 0.2) is 0 Å². The third kappa shape index (κ3) is 1.85. The third-order valence-corrected chi connectivity index (χ3v) is 2.50. The lowest BCUT2D eigenvalue weighted by Crippen LogP contribution is -2.18. The summed E-state index contributed by atoms with van der Waals surface area (Å²) >= 11 is 3.36. The highest BCUT2D eigenvalue weighted by atomic mass is 79.9. The van der Waals surface area contributed by atoms with Crippen molar-refractivity contribution in [2.75, 3.05) is 7.05 Å². The molecule has 0 bridgehead atoms. The van der Waals surface area contributed by atoms with Gasteiger partial charge in [0.25, 0.3) is 0 Å². The number of hydrogen-bond acceptors (Lipinski definition) is 2. The summed E-state index contributed by atoms with van der Waals surface area (Å²) in [4.78, 5) is 3.58. The monoisotopic (exact) mass is 226 g/mol. The smallest absolute Gasteiger partial charge is 0.0270 e. The zero-order valence-corrected chi connectivity index (χ0v) is 8.55. The van der Waals surface area contributed by atoms with Gasteiger partial charge in [0.05, 0.1) is 0 Å². The Balaban J connectivity index is 3.13. The first kappa shape index (κ1) is 9.26. The van der Waals surface area contributed by atoms with Crippen LogP contribution in [0.4, 0.5) is 0 Å². The second-order valence-corrected chi connectivity index (χ2v) is 3.35. The van der Waals surface area contributed by atoms with Gasteiger partial charge in [0.2, 0.25) is 0 Å². The van der Waals surface area contributed by atoms with E-state index in [4.69, 9.17) is 0 Å². The molecular weight excluding hydrogens is 218 g/mol. The van der Waals surface area contributed by atoms with Crippen molar-refractivity contribution in [2.24, 2.45) is 4.99 Å². The molecule has 0 aliphatic heterocycles. The number of nitrogens with zero attached hydrogens (tertiary/aromatic N) is 1. The van der Waals surface area contributed by atoms with E-state index >= 15 is 0 Å². The molecule has 0 radical (unpaired) electrons. The maximum atomic E-state index is 11.1. The maximum absolute atomic E-state index is 11.1. The van der Waals surface area contributed by atoms with E-state index in [0.29, 0.717) is 5.56 Å². The van der Waals surface area contributed by atoms with E-state index in [1.54, 1.807) is 6.07 Å². The van der Waals surface area contributed by atoms with Crippen molar-refractivity contribution in [3.8, 4) is 0 Å². The summed E-state index contributed by atoms with van der Waals surface area (Å²) in [5.74, 6) is -0.175. The molecule has 0 amide bonds. The van der Waals surface area contributed by atoms with Crippen LogP contribution in [0, 0.1) is 6.92 Å². The van der Waals surface area contributed by atoms with E-state index in [9.17, 15) is 5.11 Å². The second-order valence-electron chi connectivity index (χ2n) is 2.49. The van der Waals surface area contributed by atoms with Gasteiger partial charge < -0.3 is 10.1 Å². The Bertz CT molecular complexity index is 320. The lowest BCUT2D eigenvalue weighted by molar-refractivity contribution is -0.213. The molecule has 0 saturated heterocycles. The van der Waals surface area contributed by atoms with Crippen LogP contribution in [0.1, 0.15) is 11.1 Å². The van der Waals surface area contributed by atoms with Gasteiger partial charge in [-0.05, 0) is 30.0 Å². The van der Waals surface area contributed by atoms with Crippen molar-refractivity contribution >= 4 is 21.8 Å². The molecule has 12 heavy (non-hydrogen) atoms. The predicted molar refractivity (Wildman–Crippen MR) is 51.3 cm³/mol. The minimum atomic E-state index is -0.175. The number of hydrogen-bond donors (Lipinski definition) is 0. The lowest BCUT2D eigenvalue weighted by Gasteiger charge is -2.10. The zero-order chi connectivity index (χ0) is 9.14. The molecule has 0 unspecified atom stereocenters. The summed E-state index contributed by atoms with van der Waals surface area (Å²) in [6.07, 6.45) is 0. The van der Waals surface area contributed by atoms with Crippen molar-refractivity contribution in [1.29, 1.82) is 0 Å². The van der Waals surface area contributed by atoms with Crippen molar-refractivity contribution in [3.63, 3.8) is 0 Å². The highest BCUT2D eigenvalue weighted by Gasteiger charge is 1.95. The first-order chi connectivity index (χ1) is 5.65. The largest absolute Gasteiger partial charge is 0.859 e. The quantitative estimate of drug-likeness (QED) is 0.528. The molecule has 0 fully saturated rings. The van der Waals surface area contributed by atoms with Crippen LogP contribution in [-0.2, 0) is 0 Å². The highest BCUT2D eigenvalue weighted by Crippen LogP contribution is 2.16. The SMILES string of the molecule is CN=C([O-])c1ccc(Br)c(C)c1. The van der Waals surface area contributed by atoms with E-state index in [2.05, 4.69) is 20.9 Å². The second kappa shape index (κ2) is 3.72. The molecule has 64 valence electrons. The van der Waals surface area contributed by atoms with E-state index in [1.807, 2.05) is 19.1 Å². The summed E-state index contributed by atoms with van der Waals surface area (Å²) in [5, 5.41) is 11.1. The highest BCUT2D eigenvalue weighted by molar-refractivity contribution is 9.10.